The van der Waals surface area contributed by atoms with E-state index in [1.54, 1.807) is 36.7 Å². The van der Waals surface area contributed by atoms with Gasteiger partial charge in [-0.25, -0.2) is 19.4 Å². The van der Waals surface area contributed by atoms with Crippen LogP contribution < -0.4 is 10.1 Å². The third kappa shape index (κ3) is 6.07. The lowest BCUT2D eigenvalue weighted by molar-refractivity contribution is -0.146. The zero-order valence-corrected chi connectivity index (χ0v) is 20.5. The Balaban J connectivity index is 1.45. The summed E-state index contributed by atoms with van der Waals surface area (Å²) in [6.07, 6.45) is -0.685. The minimum atomic E-state index is -1.57. The molecule has 194 valence electrons. The van der Waals surface area contributed by atoms with Gasteiger partial charge < -0.3 is 25.2 Å². The largest absolute Gasteiger partial charge is 0.486 e. The monoisotopic (exact) mass is 509 g/mol. The van der Waals surface area contributed by atoms with E-state index in [0.29, 0.717) is 23.0 Å². The van der Waals surface area contributed by atoms with E-state index in [1.165, 1.54) is 0 Å². The quantitative estimate of drug-likeness (QED) is 0.508. The molecule has 12 heteroatoms. The molecule has 0 spiro atoms. The predicted octanol–water partition coefficient (Wildman–Crippen LogP) is 1.56. The van der Waals surface area contributed by atoms with Crippen molar-refractivity contribution in [2.24, 2.45) is 15.9 Å². The highest BCUT2D eigenvalue weighted by Crippen LogP contribution is 2.28. The van der Waals surface area contributed by atoms with Crippen molar-refractivity contribution in [3.63, 3.8) is 0 Å². The third-order valence-corrected chi connectivity index (χ3v) is 6.02. The van der Waals surface area contributed by atoms with Crippen LogP contribution in [0.4, 0.5) is 10.2 Å². The number of aliphatic imine (C=N–C) groups is 2. The van der Waals surface area contributed by atoms with Crippen molar-refractivity contribution in [3.05, 3.63) is 36.0 Å². The first-order valence-corrected chi connectivity index (χ1v) is 11.9. The number of aliphatic hydroxyl groups excluding tert-OH is 2. The smallest absolute Gasteiger partial charge is 0.253 e. The standard InChI is InChI=1S/C25H28FN7O4/c1-14(2)23-29-11-22(32-23)30-21-5-7-28-24(31-21)15-3-4-19(16(9-15)10-27)37-20-6-8-33(12-17(20)26)25(36)18(35)13-34/h3-5,7,9,11,14,17-18,20,23,34-35H,6,8,12-13H2,1-2H3,(H,28,30,31,32)/t17-,18+,20+,23?/m1/s1. The number of halogens is 1. The summed E-state index contributed by atoms with van der Waals surface area (Å²) in [4.78, 5) is 30.8. The molecule has 2 aromatic rings. The van der Waals surface area contributed by atoms with E-state index in [4.69, 9.17) is 9.84 Å². The van der Waals surface area contributed by atoms with Crippen molar-refractivity contribution in [1.29, 1.82) is 5.26 Å². The number of likely N-dealkylation sites (tertiary alicyclic amines) is 1. The summed E-state index contributed by atoms with van der Waals surface area (Å²) in [6, 6.07) is 8.59. The van der Waals surface area contributed by atoms with Crippen LogP contribution in [0.1, 0.15) is 25.8 Å². The highest BCUT2D eigenvalue weighted by molar-refractivity contribution is 6.35. The van der Waals surface area contributed by atoms with E-state index in [1.807, 2.05) is 13.8 Å². The van der Waals surface area contributed by atoms with Crippen LogP contribution in [0, 0.1) is 17.2 Å². The van der Waals surface area contributed by atoms with Gasteiger partial charge in [-0.2, -0.15) is 5.26 Å². The fraction of sp³-hybridized carbons (Fsp3) is 0.440. The maximum atomic E-state index is 14.8. The van der Waals surface area contributed by atoms with Crippen molar-refractivity contribution in [2.75, 3.05) is 25.0 Å². The average Bonchev–Trinajstić information content (AvgIpc) is 3.38. The number of alkyl halides is 1. The maximum absolute atomic E-state index is 14.8. The third-order valence-electron chi connectivity index (χ3n) is 6.02. The minimum absolute atomic E-state index is 0.127. The zero-order valence-electron chi connectivity index (χ0n) is 20.5. The van der Waals surface area contributed by atoms with E-state index in [-0.39, 0.29) is 42.9 Å². The second-order valence-electron chi connectivity index (χ2n) is 9.11. The van der Waals surface area contributed by atoms with E-state index in [2.05, 4.69) is 31.3 Å². The molecule has 3 heterocycles. The molecular weight excluding hydrogens is 481 g/mol. The van der Waals surface area contributed by atoms with Crippen LogP contribution in [-0.4, -0.2) is 87.3 Å². The number of nitrogens with one attached hydrogen (secondary N) is 1. The van der Waals surface area contributed by atoms with Crippen LogP contribution >= 0.6 is 0 Å². The molecule has 1 aromatic heterocycles. The number of aromatic nitrogens is 2. The molecule has 37 heavy (non-hydrogen) atoms. The lowest BCUT2D eigenvalue weighted by atomic mass is 10.0. The highest BCUT2D eigenvalue weighted by atomic mass is 19.1. The highest BCUT2D eigenvalue weighted by Gasteiger charge is 2.35. The molecule has 1 saturated heterocycles. The average molecular weight is 510 g/mol. The van der Waals surface area contributed by atoms with Crippen molar-refractivity contribution in [1.82, 2.24) is 14.9 Å². The van der Waals surface area contributed by atoms with Gasteiger partial charge in [-0.15, -0.1) is 0 Å². The van der Waals surface area contributed by atoms with E-state index >= 15 is 0 Å². The van der Waals surface area contributed by atoms with Gasteiger partial charge in [0.15, 0.2) is 18.1 Å². The van der Waals surface area contributed by atoms with Crippen LogP contribution in [0.15, 0.2) is 40.4 Å². The summed E-state index contributed by atoms with van der Waals surface area (Å²) >= 11 is 0. The SMILES string of the molecule is CC(C)C1N=CC(Nc2ccnc(-c3ccc(O[C@H]4CCN(C(=O)[C@@H](O)CO)C[C@H]4F)c(C#N)c3)n2)=N1. The Labute approximate surface area is 213 Å². The molecule has 1 unspecified atom stereocenters. The summed E-state index contributed by atoms with van der Waals surface area (Å²) in [5.74, 6) is 1.26. The Morgan fingerprint density at radius 1 is 1.38 bits per heavy atom. The van der Waals surface area contributed by atoms with Gasteiger partial charge >= 0.3 is 0 Å². The lowest BCUT2D eigenvalue weighted by Gasteiger charge is -2.35. The topological polar surface area (TPSA) is 156 Å². The number of amidine groups is 1. The summed E-state index contributed by atoms with van der Waals surface area (Å²) in [5, 5.41) is 31.3. The summed E-state index contributed by atoms with van der Waals surface area (Å²) in [5.41, 5.74) is 0.762. The van der Waals surface area contributed by atoms with E-state index < -0.39 is 30.9 Å². The van der Waals surface area contributed by atoms with Gasteiger partial charge in [0.2, 0.25) is 0 Å². The van der Waals surface area contributed by atoms with Gasteiger partial charge in [0.1, 0.15) is 35.7 Å². The number of nitriles is 1. The van der Waals surface area contributed by atoms with Crippen molar-refractivity contribution < 1.29 is 24.1 Å². The molecule has 1 fully saturated rings. The molecule has 11 nitrogen and oxygen atoms in total. The number of hydrogen-bond donors (Lipinski definition) is 3. The number of anilines is 1. The summed E-state index contributed by atoms with van der Waals surface area (Å²) < 4.78 is 20.6. The first-order chi connectivity index (χ1) is 17.8. The van der Waals surface area contributed by atoms with Crippen molar-refractivity contribution in [3.8, 4) is 23.2 Å². The number of ether oxygens (including phenoxy) is 1. The fourth-order valence-electron chi connectivity index (χ4n) is 3.97. The number of hydrogen-bond acceptors (Lipinski definition) is 10. The summed E-state index contributed by atoms with van der Waals surface area (Å²) in [6.45, 7) is 3.23. The number of rotatable bonds is 7. The Morgan fingerprint density at radius 3 is 2.86 bits per heavy atom. The first-order valence-electron chi connectivity index (χ1n) is 11.9. The number of piperidine rings is 1. The number of benzene rings is 1. The predicted molar refractivity (Wildman–Crippen MR) is 134 cm³/mol. The molecule has 0 radical (unpaired) electrons. The number of aliphatic hydroxyl groups is 2. The van der Waals surface area contributed by atoms with Gasteiger partial charge in [-0.1, -0.05) is 13.8 Å². The molecule has 4 atom stereocenters. The molecule has 0 bridgehead atoms. The Morgan fingerprint density at radius 2 is 2.19 bits per heavy atom. The molecule has 2 aliphatic heterocycles. The number of carbonyl (C=O) groups is 1. The molecule has 4 rings (SSSR count). The second-order valence-corrected chi connectivity index (χ2v) is 9.11. The van der Waals surface area contributed by atoms with Crippen LogP contribution in [0.2, 0.25) is 0 Å². The molecule has 1 amide bonds. The molecule has 2 aliphatic rings. The molecule has 0 aliphatic carbocycles. The van der Waals surface area contributed by atoms with E-state index in [0.717, 1.165) is 4.90 Å². The number of nitrogens with zero attached hydrogens (tertiary/aromatic N) is 6. The van der Waals surface area contributed by atoms with Crippen LogP contribution in [-0.2, 0) is 4.79 Å². The van der Waals surface area contributed by atoms with Crippen LogP contribution in [0.3, 0.4) is 0 Å². The zero-order chi connectivity index (χ0) is 26.5. The van der Waals surface area contributed by atoms with Gasteiger partial charge in [0.25, 0.3) is 5.91 Å². The molecule has 0 saturated carbocycles. The minimum Gasteiger partial charge on any atom is -0.486 e. The Hall–Kier alpha value is -3.95. The second kappa shape index (κ2) is 11.4. The van der Waals surface area contributed by atoms with E-state index in [9.17, 15) is 19.6 Å². The molecule has 3 N–H and O–H groups in total. The summed E-state index contributed by atoms with van der Waals surface area (Å²) in [7, 11) is 0. The normalized spacial score (nSPS) is 21.9. The Kier molecular flexibility index (Phi) is 8.05. The fourth-order valence-corrected chi connectivity index (χ4v) is 3.97. The van der Waals surface area contributed by atoms with Gasteiger partial charge in [-0.3, -0.25) is 9.79 Å². The number of amides is 1. The Bertz CT molecular complexity index is 1250. The first kappa shape index (κ1) is 26.1. The number of carbonyl (C=O) groups excluding carboxylic acids is 1. The van der Waals surface area contributed by atoms with Crippen molar-refractivity contribution >= 4 is 23.8 Å². The molecular formula is C25H28FN7O4. The van der Waals surface area contributed by atoms with Gasteiger partial charge in [-0.05, 0) is 30.2 Å². The van der Waals surface area contributed by atoms with Gasteiger partial charge in [0.05, 0.1) is 24.9 Å². The van der Waals surface area contributed by atoms with Crippen molar-refractivity contribution in [2.45, 2.75) is 44.8 Å². The maximum Gasteiger partial charge on any atom is 0.253 e. The van der Waals surface area contributed by atoms with Crippen LogP contribution in [0.5, 0.6) is 5.75 Å². The van der Waals surface area contributed by atoms with Gasteiger partial charge in [0, 0.05) is 24.7 Å². The van der Waals surface area contributed by atoms with Crippen LogP contribution in [0.25, 0.3) is 11.4 Å². The lowest BCUT2D eigenvalue weighted by Crippen LogP contribution is -2.52. The molecule has 1 aromatic carbocycles.